The minimum atomic E-state index is -0.396. The highest BCUT2D eigenvalue weighted by molar-refractivity contribution is 5.94. The number of furan rings is 1. The maximum absolute atomic E-state index is 12.0. The molecule has 0 aromatic carbocycles. The van der Waals surface area contributed by atoms with Crippen molar-refractivity contribution in [2.45, 2.75) is 32.9 Å². The summed E-state index contributed by atoms with van der Waals surface area (Å²) >= 11 is 0. The number of carbonyl (C=O) groups is 2. The van der Waals surface area contributed by atoms with Gasteiger partial charge in [0.05, 0.1) is 6.54 Å². The molecule has 5 nitrogen and oxygen atoms in total. The van der Waals surface area contributed by atoms with Crippen LogP contribution in [0.25, 0.3) is 0 Å². The molecule has 0 aliphatic carbocycles. The first-order valence-electron chi connectivity index (χ1n) is 5.73. The van der Waals surface area contributed by atoms with Crippen LogP contribution in [-0.2, 0) is 16.1 Å². The van der Waals surface area contributed by atoms with Gasteiger partial charge in [-0.15, -0.1) is 0 Å². The largest absolute Gasteiger partial charge is 0.464 e. The molecule has 92 valence electrons. The zero-order valence-electron chi connectivity index (χ0n) is 10.0. The molecule has 0 spiro atoms. The number of nitrogens with one attached hydrogen (secondary N) is 1. The summed E-state index contributed by atoms with van der Waals surface area (Å²) in [6.45, 7) is 4.19. The molecule has 17 heavy (non-hydrogen) atoms. The highest BCUT2D eigenvalue weighted by Gasteiger charge is 2.31. The van der Waals surface area contributed by atoms with Crippen LogP contribution in [0.2, 0.25) is 0 Å². The smallest absolute Gasteiger partial charge is 0.246 e. The molecule has 1 aliphatic heterocycles. The van der Waals surface area contributed by atoms with Crippen molar-refractivity contribution in [2.24, 2.45) is 0 Å². The lowest BCUT2D eigenvalue weighted by atomic mass is 10.1. The first-order chi connectivity index (χ1) is 8.10. The molecule has 1 atom stereocenters. The summed E-state index contributed by atoms with van der Waals surface area (Å²) in [4.78, 5) is 25.0. The van der Waals surface area contributed by atoms with Crippen LogP contribution in [0.15, 0.2) is 16.5 Å². The Bertz CT molecular complexity index is 439. The van der Waals surface area contributed by atoms with E-state index in [1.807, 2.05) is 26.0 Å². The van der Waals surface area contributed by atoms with Crippen LogP contribution in [0.1, 0.15) is 24.9 Å². The number of rotatable bonds is 3. The third kappa shape index (κ3) is 2.49. The molecule has 1 aromatic rings. The van der Waals surface area contributed by atoms with E-state index in [1.165, 1.54) is 4.90 Å². The maximum Gasteiger partial charge on any atom is 0.246 e. The first kappa shape index (κ1) is 11.7. The number of amides is 2. The van der Waals surface area contributed by atoms with E-state index in [0.29, 0.717) is 18.7 Å². The Labute approximate surface area is 99.8 Å². The van der Waals surface area contributed by atoms with Crippen LogP contribution in [0.5, 0.6) is 0 Å². The van der Waals surface area contributed by atoms with Crippen LogP contribution in [0, 0.1) is 6.92 Å². The summed E-state index contributed by atoms with van der Waals surface area (Å²) in [7, 11) is 0. The Hall–Kier alpha value is -1.78. The van der Waals surface area contributed by atoms with Crippen molar-refractivity contribution in [1.29, 1.82) is 0 Å². The van der Waals surface area contributed by atoms with Crippen molar-refractivity contribution in [2.75, 3.05) is 6.54 Å². The lowest BCUT2D eigenvalue weighted by Gasteiger charge is -2.31. The van der Waals surface area contributed by atoms with Gasteiger partial charge in [0.2, 0.25) is 11.8 Å². The maximum atomic E-state index is 12.0. The van der Waals surface area contributed by atoms with Gasteiger partial charge in [0.25, 0.3) is 0 Å². The van der Waals surface area contributed by atoms with Gasteiger partial charge < -0.3 is 14.6 Å². The molecule has 0 radical (unpaired) electrons. The van der Waals surface area contributed by atoms with Crippen molar-refractivity contribution in [3.05, 3.63) is 23.7 Å². The molecule has 1 aliphatic rings. The fourth-order valence-electron chi connectivity index (χ4n) is 1.94. The number of carbonyl (C=O) groups excluding carboxylic acids is 2. The zero-order valence-corrected chi connectivity index (χ0v) is 10.0. The van der Waals surface area contributed by atoms with Crippen LogP contribution >= 0.6 is 0 Å². The summed E-state index contributed by atoms with van der Waals surface area (Å²) < 4.78 is 5.41. The Morgan fingerprint density at radius 3 is 2.82 bits per heavy atom. The van der Waals surface area contributed by atoms with Crippen LogP contribution in [-0.4, -0.2) is 29.3 Å². The summed E-state index contributed by atoms with van der Waals surface area (Å²) in [6.07, 6.45) is 0.609. The lowest BCUT2D eigenvalue weighted by Crippen LogP contribution is -2.57. The van der Waals surface area contributed by atoms with Gasteiger partial charge in [-0.25, -0.2) is 0 Å². The normalized spacial score (nSPS) is 20.6. The van der Waals surface area contributed by atoms with E-state index in [9.17, 15) is 9.59 Å². The molecular formula is C12H16N2O3. The fraction of sp³-hybridized carbons (Fsp3) is 0.500. The monoisotopic (exact) mass is 236 g/mol. The minimum absolute atomic E-state index is 0.0406. The molecule has 1 fully saturated rings. The van der Waals surface area contributed by atoms with Crippen LogP contribution in [0.4, 0.5) is 0 Å². The zero-order chi connectivity index (χ0) is 12.4. The molecule has 1 saturated heterocycles. The van der Waals surface area contributed by atoms with E-state index in [-0.39, 0.29) is 18.4 Å². The Morgan fingerprint density at radius 2 is 2.24 bits per heavy atom. The highest BCUT2D eigenvalue weighted by Crippen LogP contribution is 2.13. The number of aryl methyl sites for hydroxylation is 1. The van der Waals surface area contributed by atoms with Gasteiger partial charge in [-0.1, -0.05) is 6.92 Å². The quantitative estimate of drug-likeness (QED) is 0.845. The third-order valence-electron chi connectivity index (χ3n) is 2.83. The topological polar surface area (TPSA) is 62.6 Å². The molecule has 2 rings (SSSR count). The number of hydrogen-bond acceptors (Lipinski definition) is 3. The summed E-state index contributed by atoms with van der Waals surface area (Å²) in [5.74, 6) is 1.36. The van der Waals surface area contributed by atoms with Gasteiger partial charge in [0.15, 0.2) is 0 Å². The van der Waals surface area contributed by atoms with Crippen molar-refractivity contribution < 1.29 is 14.0 Å². The second-order valence-corrected chi connectivity index (χ2v) is 4.24. The van der Waals surface area contributed by atoms with E-state index in [1.54, 1.807) is 0 Å². The lowest BCUT2D eigenvalue weighted by molar-refractivity contribution is -0.145. The van der Waals surface area contributed by atoms with E-state index in [4.69, 9.17) is 4.42 Å². The van der Waals surface area contributed by atoms with Gasteiger partial charge in [-0.2, -0.15) is 0 Å². The number of piperazine rings is 1. The summed E-state index contributed by atoms with van der Waals surface area (Å²) in [5, 5.41) is 2.68. The average Bonchev–Trinajstić information content (AvgIpc) is 2.69. The third-order valence-corrected chi connectivity index (χ3v) is 2.83. The second-order valence-electron chi connectivity index (χ2n) is 4.24. The van der Waals surface area contributed by atoms with Crippen molar-refractivity contribution in [1.82, 2.24) is 10.2 Å². The Kier molecular flexibility index (Phi) is 3.17. The van der Waals surface area contributed by atoms with E-state index < -0.39 is 6.04 Å². The van der Waals surface area contributed by atoms with E-state index in [2.05, 4.69) is 5.32 Å². The van der Waals surface area contributed by atoms with Crippen molar-refractivity contribution in [3.8, 4) is 0 Å². The molecule has 2 heterocycles. The molecule has 2 amide bonds. The van der Waals surface area contributed by atoms with Crippen LogP contribution < -0.4 is 5.32 Å². The number of hydrogen-bond donors (Lipinski definition) is 1. The standard InChI is InChI=1S/C12H16N2O3/c1-3-10-12(16)14(7-11(15)13-10)6-9-5-4-8(2)17-9/h4-5,10H,3,6-7H2,1-2H3,(H,13,15). The predicted molar refractivity (Wildman–Crippen MR) is 61.1 cm³/mol. The van der Waals surface area contributed by atoms with Gasteiger partial charge in [0, 0.05) is 0 Å². The van der Waals surface area contributed by atoms with E-state index in [0.717, 1.165) is 5.76 Å². The second kappa shape index (κ2) is 4.61. The van der Waals surface area contributed by atoms with Crippen LogP contribution in [0.3, 0.4) is 0 Å². The Balaban J connectivity index is 2.09. The highest BCUT2D eigenvalue weighted by atomic mass is 16.3. The fourth-order valence-corrected chi connectivity index (χ4v) is 1.94. The molecule has 1 unspecified atom stereocenters. The van der Waals surface area contributed by atoms with Crippen molar-refractivity contribution >= 4 is 11.8 Å². The molecule has 5 heteroatoms. The Morgan fingerprint density at radius 1 is 1.47 bits per heavy atom. The first-order valence-corrected chi connectivity index (χ1v) is 5.73. The molecule has 1 N–H and O–H groups in total. The number of nitrogens with zero attached hydrogens (tertiary/aromatic N) is 1. The molecule has 0 saturated carbocycles. The SMILES string of the molecule is CCC1NC(=O)CN(Cc2ccc(C)o2)C1=O. The van der Waals surface area contributed by atoms with Gasteiger partial charge in [-0.3, -0.25) is 9.59 Å². The van der Waals surface area contributed by atoms with Gasteiger partial charge in [-0.05, 0) is 25.5 Å². The summed E-state index contributed by atoms with van der Waals surface area (Å²) in [5.41, 5.74) is 0. The van der Waals surface area contributed by atoms with E-state index >= 15 is 0 Å². The minimum Gasteiger partial charge on any atom is -0.464 e. The molecular weight excluding hydrogens is 220 g/mol. The molecule has 0 bridgehead atoms. The van der Waals surface area contributed by atoms with Gasteiger partial charge in [0.1, 0.15) is 24.1 Å². The predicted octanol–water partition coefficient (Wildman–Crippen LogP) is 0.825. The van der Waals surface area contributed by atoms with Crippen molar-refractivity contribution in [3.63, 3.8) is 0 Å². The summed E-state index contributed by atoms with van der Waals surface area (Å²) in [6, 6.07) is 3.28. The average molecular weight is 236 g/mol. The van der Waals surface area contributed by atoms with Gasteiger partial charge >= 0.3 is 0 Å². The molecule has 1 aromatic heterocycles.